The number of amides is 1. The fourth-order valence-electron chi connectivity index (χ4n) is 3.70. The summed E-state index contributed by atoms with van der Waals surface area (Å²) in [6.45, 7) is 1.96. The topological polar surface area (TPSA) is 101 Å². The molecule has 10 heteroatoms. The van der Waals surface area contributed by atoms with Gasteiger partial charge < -0.3 is 19.3 Å². The van der Waals surface area contributed by atoms with E-state index in [0.717, 1.165) is 11.1 Å². The number of nitrogens with zero attached hydrogens (tertiary/aromatic N) is 1. The molecular formula is C28H19Cl2N3O4S. The lowest BCUT2D eigenvalue weighted by Crippen LogP contribution is -2.32. The SMILES string of the molecule is Cc1ccc2nc(-c3cc(NC(=S)NC(=O)/C=C/c4ccc(-c5cc(Cl)cc(Cl)c5)o4)ccc3O)oc2c1. The number of carbonyl (C=O) groups excluding carboxylic acids is 1. The maximum absolute atomic E-state index is 12.4. The molecule has 1 amide bonds. The van der Waals surface area contributed by atoms with Crippen molar-refractivity contribution < 1.29 is 18.7 Å². The zero-order valence-electron chi connectivity index (χ0n) is 19.8. The van der Waals surface area contributed by atoms with Gasteiger partial charge in [-0.25, -0.2) is 4.98 Å². The third-order valence-corrected chi connectivity index (χ3v) is 6.08. The number of aromatic nitrogens is 1. The highest BCUT2D eigenvalue weighted by molar-refractivity contribution is 7.80. The molecule has 0 aliphatic heterocycles. The van der Waals surface area contributed by atoms with E-state index in [1.807, 2.05) is 25.1 Å². The Hall–Kier alpha value is -4.11. The van der Waals surface area contributed by atoms with E-state index in [2.05, 4.69) is 15.6 Å². The van der Waals surface area contributed by atoms with Gasteiger partial charge in [-0.1, -0.05) is 29.3 Å². The Morgan fingerprint density at radius 2 is 1.79 bits per heavy atom. The van der Waals surface area contributed by atoms with Crippen LogP contribution in [-0.2, 0) is 4.79 Å². The molecule has 5 rings (SSSR count). The summed E-state index contributed by atoms with van der Waals surface area (Å²) in [7, 11) is 0. The summed E-state index contributed by atoms with van der Waals surface area (Å²) in [5.41, 5.74) is 3.96. The van der Waals surface area contributed by atoms with Crippen molar-refractivity contribution in [3.63, 3.8) is 0 Å². The molecular weight excluding hydrogens is 545 g/mol. The Morgan fingerprint density at radius 1 is 1.00 bits per heavy atom. The Bertz CT molecular complexity index is 1700. The first-order valence-electron chi connectivity index (χ1n) is 11.3. The second kappa shape index (κ2) is 10.7. The highest BCUT2D eigenvalue weighted by atomic mass is 35.5. The second-order valence-corrected chi connectivity index (χ2v) is 9.64. The minimum atomic E-state index is -0.459. The number of halogens is 2. The lowest BCUT2D eigenvalue weighted by molar-refractivity contribution is -0.115. The van der Waals surface area contributed by atoms with Crippen molar-refractivity contribution >= 4 is 69.3 Å². The lowest BCUT2D eigenvalue weighted by atomic mass is 10.1. The van der Waals surface area contributed by atoms with E-state index in [9.17, 15) is 9.90 Å². The average Bonchev–Trinajstić information content (AvgIpc) is 3.50. The molecule has 0 radical (unpaired) electrons. The number of anilines is 1. The molecule has 0 atom stereocenters. The number of aromatic hydroxyl groups is 1. The normalized spacial score (nSPS) is 11.2. The minimum Gasteiger partial charge on any atom is -0.507 e. The number of oxazole rings is 1. The van der Waals surface area contributed by atoms with Gasteiger partial charge in [-0.2, -0.15) is 0 Å². The number of phenols is 1. The van der Waals surface area contributed by atoms with Gasteiger partial charge >= 0.3 is 0 Å². The molecule has 190 valence electrons. The van der Waals surface area contributed by atoms with E-state index in [-0.39, 0.29) is 16.8 Å². The van der Waals surface area contributed by atoms with E-state index >= 15 is 0 Å². The molecule has 0 spiro atoms. The van der Waals surface area contributed by atoms with Gasteiger partial charge in [0.1, 0.15) is 22.8 Å². The number of benzene rings is 3. The summed E-state index contributed by atoms with van der Waals surface area (Å²) in [5, 5.41) is 16.9. The van der Waals surface area contributed by atoms with Crippen LogP contribution >= 0.6 is 35.4 Å². The predicted octanol–water partition coefficient (Wildman–Crippen LogP) is 7.60. The molecule has 0 bridgehead atoms. The second-order valence-electron chi connectivity index (χ2n) is 8.36. The Kier molecular flexibility index (Phi) is 7.20. The van der Waals surface area contributed by atoms with Gasteiger partial charge in [0, 0.05) is 27.4 Å². The highest BCUT2D eigenvalue weighted by Crippen LogP contribution is 2.33. The zero-order chi connectivity index (χ0) is 26.8. The molecule has 0 aliphatic rings. The number of phenolic OH excluding ortho intramolecular Hbond substituents is 1. The number of aryl methyl sites for hydroxylation is 1. The van der Waals surface area contributed by atoms with E-state index in [0.29, 0.717) is 43.9 Å². The third-order valence-electron chi connectivity index (χ3n) is 5.44. The molecule has 2 heterocycles. The molecule has 0 aliphatic carbocycles. The number of furan rings is 1. The summed E-state index contributed by atoms with van der Waals surface area (Å²) >= 11 is 17.4. The molecule has 3 aromatic carbocycles. The van der Waals surface area contributed by atoms with E-state index in [1.54, 1.807) is 42.5 Å². The van der Waals surface area contributed by atoms with Crippen LogP contribution in [0.2, 0.25) is 10.0 Å². The maximum atomic E-state index is 12.4. The van der Waals surface area contributed by atoms with Gasteiger partial charge in [0.25, 0.3) is 0 Å². The molecule has 0 saturated carbocycles. The Morgan fingerprint density at radius 3 is 2.58 bits per heavy atom. The number of hydrogen-bond acceptors (Lipinski definition) is 6. The van der Waals surface area contributed by atoms with Crippen LogP contribution < -0.4 is 10.6 Å². The average molecular weight is 564 g/mol. The Balaban J connectivity index is 1.23. The van der Waals surface area contributed by atoms with Crippen LogP contribution in [0.25, 0.3) is 40.0 Å². The monoisotopic (exact) mass is 563 g/mol. The molecule has 2 aromatic heterocycles. The quantitative estimate of drug-likeness (QED) is 0.115. The summed E-state index contributed by atoms with van der Waals surface area (Å²) < 4.78 is 11.6. The van der Waals surface area contributed by atoms with Crippen molar-refractivity contribution in [3.05, 3.63) is 94.2 Å². The predicted molar refractivity (Wildman–Crippen MR) is 153 cm³/mol. The van der Waals surface area contributed by atoms with Crippen molar-refractivity contribution in [2.75, 3.05) is 5.32 Å². The van der Waals surface area contributed by atoms with Crippen LogP contribution in [0.3, 0.4) is 0 Å². The third kappa shape index (κ3) is 5.89. The van der Waals surface area contributed by atoms with E-state index < -0.39 is 5.91 Å². The summed E-state index contributed by atoms with van der Waals surface area (Å²) in [6, 6.07) is 19.0. The largest absolute Gasteiger partial charge is 0.507 e. The highest BCUT2D eigenvalue weighted by Gasteiger charge is 2.14. The van der Waals surface area contributed by atoms with Crippen molar-refractivity contribution in [2.45, 2.75) is 6.92 Å². The van der Waals surface area contributed by atoms with Gasteiger partial charge in [-0.15, -0.1) is 0 Å². The van der Waals surface area contributed by atoms with Gasteiger partial charge in [0.05, 0.1) is 5.56 Å². The number of hydrogen-bond donors (Lipinski definition) is 3. The van der Waals surface area contributed by atoms with Crippen molar-refractivity contribution in [1.82, 2.24) is 10.3 Å². The molecule has 0 unspecified atom stereocenters. The Labute approximate surface area is 232 Å². The summed E-state index contributed by atoms with van der Waals surface area (Å²) in [4.78, 5) is 16.8. The van der Waals surface area contributed by atoms with Crippen LogP contribution in [0, 0.1) is 6.92 Å². The van der Waals surface area contributed by atoms with Gasteiger partial charge in [0.15, 0.2) is 10.7 Å². The first-order valence-corrected chi connectivity index (χ1v) is 12.5. The summed E-state index contributed by atoms with van der Waals surface area (Å²) in [5.74, 6) is 0.822. The van der Waals surface area contributed by atoms with Crippen LogP contribution in [0.5, 0.6) is 5.75 Å². The first-order chi connectivity index (χ1) is 18.2. The number of thiocarbonyl (C=S) groups is 1. The van der Waals surface area contributed by atoms with Gasteiger partial charge in [-0.05, 0) is 91.4 Å². The van der Waals surface area contributed by atoms with Crippen LogP contribution in [-0.4, -0.2) is 21.1 Å². The fraction of sp³-hybridized carbons (Fsp3) is 0.0357. The maximum Gasteiger partial charge on any atom is 0.250 e. The lowest BCUT2D eigenvalue weighted by Gasteiger charge is -2.10. The molecule has 0 saturated heterocycles. The van der Waals surface area contributed by atoms with Crippen LogP contribution in [0.1, 0.15) is 11.3 Å². The standard InChI is InChI=1S/C28H19Cl2N3O4S/c1-15-2-6-22-25(10-15)37-27(32-22)21-14-19(3-7-23(21)34)31-28(38)33-26(35)9-5-20-4-8-24(36-20)16-11-17(29)13-18(30)12-16/h2-14,34H,1H3,(H2,31,33,35,38)/b9-5+. The number of fused-ring (bicyclic) bond motifs is 1. The van der Waals surface area contributed by atoms with Crippen molar-refractivity contribution in [1.29, 1.82) is 0 Å². The molecule has 7 nitrogen and oxygen atoms in total. The van der Waals surface area contributed by atoms with Crippen LogP contribution in [0.15, 0.2) is 81.6 Å². The number of nitrogens with one attached hydrogen (secondary N) is 2. The van der Waals surface area contributed by atoms with Gasteiger partial charge in [-0.3, -0.25) is 10.1 Å². The molecule has 3 N–H and O–H groups in total. The summed E-state index contributed by atoms with van der Waals surface area (Å²) in [6.07, 6.45) is 2.81. The number of carbonyl (C=O) groups is 1. The van der Waals surface area contributed by atoms with Crippen molar-refractivity contribution in [3.8, 4) is 28.5 Å². The first kappa shape index (κ1) is 25.5. The molecule has 38 heavy (non-hydrogen) atoms. The zero-order valence-corrected chi connectivity index (χ0v) is 22.1. The van der Waals surface area contributed by atoms with E-state index in [4.69, 9.17) is 44.3 Å². The van der Waals surface area contributed by atoms with E-state index in [1.165, 1.54) is 18.2 Å². The molecule has 0 fully saturated rings. The van der Waals surface area contributed by atoms with Gasteiger partial charge in [0.2, 0.25) is 11.8 Å². The fourth-order valence-corrected chi connectivity index (χ4v) is 4.44. The molecule has 5 aromatic rings. The van der Waals surface area contributed by atoms with Crippen molar-refractivity contribution in [2.24, 2.45) is 0 Å². The number of rotatable bonds is 5. The van der Waals surface area contributed by atoms with Crippen LogP contribution in [0.4, 0.5) is 5.69 Å². The minimum absolute atomic E-state index is 0.00502. The smallest absolute Gasteiger partial charge is 0.250 e.